The summed E-state index contributed by atoms with van der Waals surface area (Å²) < 4.78 is 5.56. The molecule has 0 saturated heterocycles. The van der Waals surface area contributed by atoms with Crippen LogP contribution in [0.15, 0.2) is 54.7 Å². The average molecular weight is 294 g/mol. The molecule has 3 rings (SSSR count). The number of carbonyl (C=O) groups excluding carboxylic acids is 1. The lowest BCUT2D eigenvalue weighted by Crippen LogP contribution is -1.95. The van der Waals surface area contributed by atoms with Gasteiger partial charge in [-0.2, -0.15) is 0 Å². The highest BCUT2D eigenvalue weighted by molar-refractivity contribution is 5.80. The van der Waals surface area contributed by atoms with E-state index in [1.54, 1.807) is 6.07 Å². The lowest BCUT2D eigenvalue weighted by Gasteiger charge is -2.07. The summed E-state index contributed by atoms with van der Waals surface area (Å²) in [4.78, 5) is 25.5. The van der Waals surface area contributed by atoms with Crippen LogP contribution in [0.2, 0.25) is 0 Å². The topological polar surface area (TPSA) is 82.3 Å². The summed E-state index contributed by atoms with van der Waals surface area (Å²) >= 11 is 0. The predicted molar refractivity (Wildman–Crippen MR) is 80.3 cm³/mol. The van der Waals surface area contributed by atoms with Gasteiger partial charge >= 0.3 is 5.69 Å². The van der Waals surface area contributed by atoms with Crippen molar-refractivity contribution in [3.63, 3.8) is 0 Å². The Labute approximate surface area is 125 Å². The molecular formula is C16H10N2O4. The van der Waals surface area contributed by atoms with Crippen molar-refractivity contribution in [3.05, 3.63) is 70.4 Å². The summed E-state index contributed by atoms with van der Waals surface area (Å²) in [6.45, 7) is 0. The maximum absolute atomic E-state index is 11.0. The number of rotatable bonds is 4. The highest BCUT2D eigenvalue weighted by Crippen LogP contribution is 2.32. The number of aldehydes is 1. The van der Waals surface area contributed by atoms with Crippen LogP contribution < -0.4 is 4.74 Å². The number of pyridine rings is 1. The molecule has 6 nitrogen and oxygen atoms in total. The molecule has 0 fully saturated rings. The second kappa shape index (κ2) is 5.61. The molecule has 1 aromatic heterocycles. The molecule has 1 heterocycles. The minimum absolute atomic E-state index is 0.00619. The molecule has 0 unspecified atom stereocenters. The number of para-hydroxylation sites is 1. The Balaban J connectivity index is 2.03. The van der Waals surface area contributed by atoms with Gasteiger partial charge < -0.3 is 4.74 Å². The fourth-order valence-corrected chi connectivity index (χ4v) is 2.07. The molecule has 6 heteroatoms. The first-order valence-electron chi connectivity index (χ1n) is 6.43. The minimum Gasteiger partial charge on any atom is -0.448 e. The van der Waals surface area contributed by atoms with Gasteiger partial charge in [0.05, 0.1) is 16.6 Å². The normalized spacial score (nSPS) is 10.4. The number of fused-ring (bicyclic) bond motifs is 1. The number of hydrogen-bond donors (Lipinski definition) is 0. The van der Waals surface area contributed by atoms with Crippen LogP contribution in [0.5, 0.6) is 11.5 Å². The smallest absolute Gasteiger partial charge is 0.311 e. The number of nitrogens with zero attached hydrogens (tertiary/aromatic N) is 2. The van der Waals surface area contributed by atoms with E-state index in [2.05, 4.69) is 4.98 Å². The molecule has 0 atom stereocenters. The maximum Gasteiger partial charge on any atom is 0.311 e. The monoisotopic (exact) mass is 294 g/mol. The molecule has 2 aromatic carbocycles. The van der Waals surface area contributed by atoms with Crippen molar-refractivity contribution in [2.75, 3.05) is 0 Å². The summed E-state index contributed by atoms with van der Waals surface area (Å²) in [6, 6.07) is 13.1. The molecule has 108 valence electrons. The molecule has 0 aliphatic carbocycles. The molecule has 0 spiro atoms. The quantitative estimate of drug-likeness (QED) is 0.416. The Morgan fingerprint density at radius 2 is 1.95 bits per heavy atom. The molecule has 0 N–H and O–H groups in total. The van der Waals surface area contributed by atoms with Gasteiger partial charge in [-0.15, -0.1) is 0 Å². The van der Waals surface area contributed by atoms with Gasteiger partial charge in [-0.05, 0) is 24.3 Å². The fourth-order valence-electron chi connectivity index (χ4n) is 2.07. The first-order chi connectivity index (χ1) is 10.7. The van der Waals surface area contributed by atoms with Gasteiger partial charge in [0.2, 0.25) is 5.75 Å². The van der Waals surface area contributed by atoms with E-state index in [-0.39, 0.29) is 11.4 Å². The standard InChI is InChI=1S/C16H10N2O4/c19-10-11-5-6-15(18(20)21)16(7-11)22-13-8-12-3-1-2-4-14(12)17-9-13/h1-10H. The van der Waals surface area contributed by atoms with Crippen LogP contribution in [0, 0.1) is 10.1 Å². The van der Waals surface area contributed by atoms with E-state index < -0.39 is 4.92 Å². The molecule has 0 aliphatic heterocycles. The summed E-state index contributed by atoms with van der Waals surface area (Å²) in [5, 5.41) is 11.9. The second-order valence-electron chi connectivity index (χ2n) is 4.57. The number of benzene rings is 2. The molecule has 0 amide bonds. The Morgan fingerprint density at radius 1 is 1.14 bits per heavy atom. The van der Waals surface area contributed by atoms with Gasteiger partial charge in [0.25, 0.3) is 0 Å². The Kier molecular flexibility index (Phi) is 3.49. The molecule has 3 aromatic rings. The SMILES string of the molecule is O=Cc1ccc([N+](=O)[O-])c(Oc2cnc3ccccc3c2)c1. The van der Waals surface area contributed by atoms with Gasteiger partial charge in [-0.25, -0.2) is 0 Å². The number of hydrogen-bond acceptors (Lipinski definition) is 5. The summed E-state index contributed by atoms with van der Waals surface area (Å²) in [5.74, 6) is 0.372. The zero-order chi connectivity index (χ0) is 15.5. The van der Waals surface area contributed by atoms with Crippen molar-refractivity contribution in [2.45, 2.75) is 0 Å². The number of aromatic nitrogens is 1. The third-order valence-electron chi connectivity index (χ3n) is 3.11. The third kappa shape index (κ3) is 2.62. The van der Waals surface area contributed by atoms with Crippen LogP contribution in [0.25, 0.3) is 10.9 Å². The summed E-state index contributed by atoms with van der Waals surface area (Å²) in [7, 11) is 0. The van der Waals surface area contributed by atoms with E-state index in [1.807, 2.05) is 24.3 Å². The van der Waals surface area contributed by atoms with Gasteiger partial charge in [0.15, 0.2) is 0 Å². The van der Waals surface area contributed by atoms with E-state index >= 15 is 0 Å². The highest BCUT2D eigenvalue weighted by Gasteiger charge is 2.16. The Morgan fingerprint density at radius 3 is 2.73 bits per heavy atom. The van der Waals surface area contributed by atoms with Crippen molar-refractivity contribution >= 4 is 22.9 Å². The van der Waals surface area contributed by atoms with E-state index in [1.165, 1.54) is 24.4 Å². The van der Waals surface area contributed by atoms with Gasteiger partial charge in [0, 0.05) is 17.0 Å². The van der Waals surface area contributed by atoms with Gasteiger partial charge in [0.1, 0.15) is 12.0 Å². The van der Waals surface area contributed by atoms with E-state index in [0.717, 1.165) is 10.9 Å². The van der Waals surface area contributed by atoms with Crippen LogP contribution in [-0.4, -0.2) is 16.2 Å². The molecule has 0 radical (unpaired) electrons. The van der Waals surface area contributed by atoms with Crippen molar-refractivity contribution in [1.82, 2.24) is 4.98 Å². The maximum atomic E-state index is 11.0. The molecule has 0 aliphatic rings. The summed E-state index contributed by atoms with van der Waals surface area (Å²) in [6.07, 6.45) is 2.09. The van der Waals surface area contributed by atoms with Crippen LogP contribution in [-0.2, 0) is 0 Å². The number of nitro benzene ring substituents is 1. The molecule has 22 heavy (non-hydrogen) atoms. The fraction of sp³-hybridized carbons (Fsp3) is 0. The van der Waals surface area contributed by atoms with Crippen molar-refractivity contribution in [2.24, 2.45) is 0 Å². The minimum atomic E-state index is -0.557. The lowest BCUT2D eigenvalue weighted by atomic mass is 10.2. The third-order valence-corrected chi connectivity index (χ3v) is 3.11. The number of nitro groups is 1. The first-order valence-corrected chi connectivity index (χ1v) is 6.43. The first kappa shape index (κ1) is 13.7. The zero-order valence-corrected chi connectivity index (χ0v) is 11.3. The zero-order valence-electron chi connectivity index (χ0n) is 11.3. The van der Waals surface area contributed by atoms with E-state index in [9.17, 15) is 14.9 Å². The van der Waals surface area contributed by atoms with Crippen LogP contribution >= 0.6 is 0 Å². The molecule has 0 bridgehead atoms. The Hall–Kier alpha value is -3.28. The van der Waals surface area contributed by atoms with E-state index in [0.29, 0.717) is 17.6 Å². The predicted octanol–water partition coefficient (Wildman–Crippen LogP) is 3.75. The van der Waals surface area contributed by atoms with Crippen LogP contribution in [0.3, 0.4) is 0 Å². The molecular weight excluding hydrogens is 284 g/mol. The van der Waals surface area contributed by atoms with Gasteiger partial charge in [-0.3, -0.25) is 19.9 Å². The second-order valence-corrected chi connectivity index (χ2v) is 4.57. The van der Waals surface area contributed by atoms with E-state index in [4.69, 9.17) is 4.74 Å². The Bertz CT molecular complexity index is 877. The van der Waals surface area contributed by atoms with Gasteiger partial charge in [-0.1, -0.05) is 18.2 Å². The molecule has 0 saturated carbocycles. The van der Waals surface area contributed by atoms with Crippen molar-refractivity contribution < 1.29 is 14.5 Å². The lowest BCUT2D eigenvalue weighted by molar-refractivity contribution is -0.385. The van der Waals surface area contributed by atoms with Crippen LogP contribution in [0.1, 0.15) is 10.4 Å². The number of carbonyl (C=O) groups is 1. The van der Waals surface area contributed by atoms with Crippen LogP contribution in [0.4, 0.5) is 5.69 Å². The number of ether oxygens (including phenoxy) is 1. The summed E-state index contributed by atoms with van der Waals surface area (Å²) in [5.41, 5.74) is 0.888. The largest absolute Gasteiger partial charge is 0.448 e. The highest BCUT2D eigenvalue weighted by atomic mass is 16.6. The average Bonchev–Trinajstić information content (AvgIpc) is 2.54. The van der Waals surface area contributed by atoms with Crippen molar-refractivity contribution in [3.8, 4) is 11.5 Å². The van der Waals surface area contributed by atoms with Crippen molar-refractivity contribution in [1.29, 1.82) is 0 Å².